The summed E-state index contributed by atoms with van der Waals surface area (Å²) in [6.07, 6.45) is 3.74. The van der Waals surface area contributed by atoms with E-state index in [0.717, 1.165) is 18.4 Å². The molecular formula is C17H15N3. The molecule has 1 aromatic carbocycles. The number of nitrogens with zero attached hydrogens (tertiary/aromatic N) is 3. The highest BCUT2D eigenvalue weighted by Crippen LogP contribution is 2.51. The SMILES string of the molecule is CN1c2ccccc2C2=CC(=C(C#N)C#N)CCC21C. The Morgan fingerprint density at radius 1 is 1.25 bits per heavy atom. The molecule has 1 aromatic rings. The molecule has 0 saturated carbocycles. The topological polar surface area (TPSA) is 50.8 Å². The van der Waals surface area contributed by atoms with E-state index in [2.05, 4.69) is 31.0 Å². The third-order valence-corrected chi connectivity index (χ3v) is 4.62. The Hall–Kier alpha value is -2.52. The predicted octanol–water partition coefficient (Wildman–Crippen LogP) is 3.42. The maximum atomic E-state index is 9.06. The van der Waals surface area contributed by atoms with Crippen LogP contribution >= 0.6 is 0 Å². The molecule has 2 aliphatic rings. The van der Waals surface area contributed by atoms with Gasteiger partial charge in [-0.2, -0.15) is 10.5 Å². The van der Waals surface area contributed by atoms with E-state index < -0.39 is 0 Å². The molecule has 0 fully saturated rings. The van der Waals surface area contributed by atoms with Gasteiger partial charge < -0.3 is 4.90 Å². The van der Waals surface area contributed by atoms with E-state index in [0.29, 0.717) is 0 Å². The average Bonchev–Trinajstić information content (AvgIpc) is 2.70. The van der Waals surface area contributed by atoms with Crippen LogP contribution in [0.15, 0.2) is 41.5 Å². The molecule has 0 bridgehead atoms. The smallest absolute Gasteiger partial charge is 0.132 e. The average molecular weight is 261 g/mol. The van der Waals surface area contributed by atoms with Gasteiger partial charge in [0.1, 0.15) is 17.7 Å². The van der Waals surface area contributed by atoms with Gasteiger partial charge in [-0.05, 0) is 37.0 Å². The summed E-state index contributed by atoms with van der Waals surface area (Å²) in [5, 5.41) is 18.1. The number of hydrogen-bond donors (Lipinski definition) is 0. The number of rotatable bonds is 0. The first-order valence-electron chi connectivity index (χ1n) is 6.70. The minimum absolute atomic E-state index is 0.0385. The molecule has 1 unspecified atom stereocenters. The summed E-state index contributed by atoms with van der Waals surface area (Å²) in [5.41, 5.74) is 4.73. The van der Waals surface area contributed by atoms with Crippen molar-refractivity contribution in [2.24, 2.45) is 0 Å². The molecule has 20 heavy (non-hydrogen) atoms. The number of fused-ring (bicyclic) bond motifs is 3. The Bertz CT molecular complexity index is 711. The highest BCUT2D eigenvalue weighted by atomic mass is 15.2. The molecule has 0 amide bonds. The molecule has 0 N–H and O–H groups in total. The standard InChI is InChI=1S/C17H15N3/c1-17-8-7-12(13(10-18)11-19)9-15(17)14-5-3-4-6-16(14)20(17)2/h3-6,9H,7-8H2,1-2H3. The van der Waals surface area contributed by atoms with Crippen LogP contribution in [0, 0.1) is 22.7 Å². The molecule has 0 spiro atoms. The summed E-state index contributed by atoms with van der Waals surface area (Å²) in [6, 6.07) is 12.3. The Morgan fingerprint density at radius 3 is 2.65 bits per heavy atom. The summed E-state index contributed by atoms with van der Waals surface area (Å²) in [5.74, 6) is 0. The van der Waals surface area contributed by atoms with Crippen molar-refractivity contribution in [1.82, 2.24) is 0 Å². The fourth-order valence-corrected chi connectivity index (χ4v) is 3.26. The molecule has 3 nitrogen and oxygen atoms in total. The lowest BCUT2D eigenvalue weighted by Crippen LogP contribution is -2.41. The fraction of sp³-hybridized carbons (Fsp3) is 0.294. The minimum atomic E-state index is -0.0385. The summed E-state index contributed by atoms with van der Waals surface area (Å²) in [7, 11) is 2.11. The first kappa shape index (κ1) is 12.5. The summed E-state index contributed by atoms with van der Waals surface area (Å²) < 4.78 is 0. The van der Waals surface area contributed by atoms with Crippen LogP contribution < -0.4 is 4.90 Å². The van der Waals surface area contributed by atoms with Crippen molar-refractivity contribution in [1.29, 1.82) is 10.5 Å². The third-order valence-electron chi connectivity index (χ3n) is 4.62. The largest absolute Gasteiger partial charge is 0.365 e. The zero-order valence-corrected chi connectivity index (χ0v) is 11.6. The zero-order chi connectivity index (χ0) is 14.3. The number of allylic oxidation sites excluding steroid dienone is 3. The van der Waals surface area contributed by atoms with Crippen LogP contribution in [0.2, 0.25) is 0 Å². The van der Waals surface area contributed by atoms with Gasteiger partial charge >= 0.3 is 0 Å². The molecular weight excluding hydrogens is 246 g/mol. The molecule has 0 radical (unpaired) electrons. The van der Waals surface area contributed by atoms with Gasteiger partial charge in [-0.15, -0.1) is 0 Å². The molecule has 3 rings (SSSR count). The van der Waals surface area contributed by atoms with E-state index in [9.17, 15) is 0 Å². The van der Waals surface area contributed by atoms with Gasteiger partial charge in [-0.3, -0.25) is 0 Å². The quantitative estimate of drug-likeness (QED) is 0.672. The van der Waals surface area contributed by atoms with Gasteiger partial charge in [0.15, 0.2) is 0 Å². The van der Waals surface area contributed by atoms with Gasteiger partial charge in [0.05, 0.1) is 5.54 Å². The first-order chi connectivity index (χ1) is 9.61. The van der Waals surface area contributed by atoms with Crippen molar-refractivity contribution in [2.45, 2.75) is 25.3 Å². The van der Waals surface area contributed by atoms with Gasteiger partial charge in [-0.25, -0.2) is 0 Å². The van der Waals surface area contributed by atoms with Crippen molar-refractivity contribution in [3.05, 3.63) is 47.1 Å². The van der Waals surface area contributed by atoms with Gasteiger partial charge in [0, 0.05) is 18.3 Å². The van der Waals surface area contributed by atoms with E-state index in [1.807, 2.05) is 30.3 Å². The van der Waals surface area contributed by atoms with E-state index in [4.69, 9.17) is 10.5 Å². The normalized spacial score (nSPS) is 23.3. The van der Waals surface area contributed by atoms with E-state index in [1.165, 1.54) is 16.8 Å². The minimum Gasteiger partial charge on any atom is -0.365 e. The first-order valence-corrected chi connectivity index (χ1v) is 6.70. The van der Waals surface area contributed by atoms with E-state index in [-0.39, 0.29) is 11.1 Å². The lowest BCUT2D eigenvalue weighted by atomic mass is 9.78. The molecule has 0 saturated heterocycles. The highest BCUT2D eigenvalue weighted by Gasteiger charge is 2.43. The molecule has 1 atom stereocenters. The van der Waals surface area contributed by atoms with Gasteiger partial charge in [0.25, 0.3) is 0 Å². The zero-order valence-electron chi connectivity index (χ0n) is 11.6. The summed E-state index contributed by atoms with van der Waals surface area (Å²) in [6.45, 7) is 2.23. The van der Waals surface area contributed by atoms with Crippen LogP contribution in [0.1, 0.15) is 25.3 Å². The Kier molecular flexibility index (Phi) is 2.66. The van der Waals surface area contributed by atoms with Crippen molar-refractivity contribution < 1.29 is 0 Å². The summed E-state index contributed by atoms with van der Waals surface area (Å²) >= 11 is 0. The molecule has 1 aliphatic carbocycles. The second-order valence-corrected chi connectivity index (χ2v) is 5.53. The second-order valence-electron chi connectivity index (χ2n) is 5.53. The van der Waals surface area contributed by atoms with Crippen LogP contribution in [0.5, 0.6) is 0 Å². The number of hydrogen-bond acceptors (Lipinski definition) is 3. The molecule has 98 valence electrons. The maximum Gasteiger partial charge on any atom is 0.132 e. The Morgan fingerprint density at radius 2 is 1.95 bits per heavy atom. The monoisotopic (exact) mass is 261 g/mol. The molecule has 1 aliphatic heterocycles. The molecule has 0 aromatic heterocycles. The van der Waals surface area contributed by atoms with Crippen molar-refractivity contribution >= 4 is 11.3 Å². The predicted molar refractivity (Wildman–Crippen MR) is 78.7 cm³/mol. The number of likely N-dealkylation sites (N-methyl/N-ethyl adjacent to an activating group) is 1. The lowest BCUT2D eigenvalue weighted by molar-refractivity contribution is 0.523. The van der Waals surface area contributed by atoms with Crippen molar-refractivity contribution in [2.75, 3.05) is 11.9 Å². The van der Waals surface area contributed by atoms with Crippen LogP contribution in [0.4, 0.5) is 5.69 Å². The van der Waals surface area contributed by atoms with E-state index >= 15 is 0 Å². The highest BCUT2D eigenvalue weighted by molar-refractivity contribution is 5.92. The van der Waals surface area contributed by atoms with Crippen LogP contribution in [0.25, 0.3) is 5.57 Å². The molecule has 1 heterocycles. The Labute approximate surface area is 119 Å². The van der Waals surface area contributed by atoms with Crippen LogP contribution in [-0.2, 0) is 0 Å². The lowest BCUT2D eigenvalue weighted by Gasteiger charge is -2.38. The fourth-order valence-electron chi connectivity index (χ4n) is 3.26. The number of nitriles is 2. The Balaban J connectivity index is 2.24. The third kappa shape index (κ3) is 1.50. The number of anilines is 1. The number of para-hydroxylation sites is 1. The van der Waals surface area contributed by atoms with Gasteiger partial charge in [-0.1, -0.05) is 24.3 Å². The van der Waals surface area contributed by atoms with E-state index in [1.54, 1.807) is 0 Å². The summed E-state index contributed by atoms with van der Waals surface area (Å²) in [4.78, 5) is 2.31. The van der Waals surface area contributed by atoms with Crippen molar-refractivity contribution in [3.8, 4) is 12.1 Å². The number of benzene rings is 1. The van der Waals surface area contributed by atoms with Crippen molar-refractivity contribution in [3.63, 3.8) is 0 Å². The van der Waals surface area contributed by atoms with Gasteiger partial charge in [0.2, 0.25) is 0 Å². The van der Waals surface area contributed by atoms with Crippen LogP contribution in [-0.4, -0.2) is 12.6 Å². The van der Waals surface area contributed by atoms with Crippen LogP contribution in [0.3, 0.4) is 0 Å². The maximum absolute atomic E-state index is 9.06. The molecule has 3 heteroatoms. The second kappa shape index (κ2) is 4.25.